The molecule has 0 aliphatic heterocycles. The summed E-state index contributed by atoms with van der Waals surface area (Å²) in [5, 5.41) is 6.64. The zero-order valence-electron chi connectivity index (χ0n) is 32.2. The molecule has 11 aromatic rings. The molecule has 274 valence electrons. The zero-order valence-corrected chi connectivity index (χ0v) is 32.2. The van der Waals surface area contributed by atoms with Crippen LogP contribution in [-0.4, -0.2) is 0 Å². The van der Waals surface area contributed by atoms with Gasteiger partial charge in [-0.05, 0) is 98.8 Å². The molecule has 0 atom stereocenters. The number of anilines is 3. The van der Waals surface area contributed by atoms with Crippen molar-refractivity contribution in [2.45, 2.75) is 19.3 Å². The van der Waals surface area contributed by atoms with Gasteiger partial charge in [0.2, 0.25) is 0 Å². The highest BCUT2D eigenvalue weighted by atomic mass is 16.3. The molecule has 0 saturated carbocycles. The molecule has 0 unspecified atom stereocenters. The van der Waals surface area contributed by atoms with Crippen LogP contribution in [0.2, 0.25) is 0 Å². The second-order valence-electron chi connectivity index (χ2n) is 16.1. The summed E-state index contributed by atoms with van der Waals surface area (Å²) in [5.41, 5.74) is 16.2. The van der Waals surface area contributed by atoms with Crippen molar-refractivity contribution in [3.8, 4) is 33.4 Å². The summed E-state index contributed by atoms with van der Waals surface area (Å²) < 4.78 is 13.4. The maximum atomic E-state index is 6.98. The molecule has 0 saturated heterocycles. The van der Waals surface area contributed by atoms with E-state index in [1.54, 1.807) is 0 Å². The van der Waals surface area contributed by atoms with E-state index in [0.29, 0.717) is 0 Å². The van der Waals surface area contributed by atoms with Crippen LogP contribution in [0, 0.1) is 0 Å². The standard InChI is InChI=1S/C55H37NO2/c1-55(2)46-21-11-8-19-41(46)42-27-26-38(33-47(42)55)56(48-22-12-9-18-40(48)35-15-4-3-5-16-35)39-31-44(37-25-24-34-14-6-7-17-36(34)30-37)54-45(32-39)53-51(58-54)29-28-50-52(53)43-20-10-13-23-49(43)57-50/h3-33H,1-2H3. The number of benzene rings is 9. The first-order chi connectivity index (χ1) is 28.5. The van der Waals surface area contributed by atoms with Gasteiger partial charge in [0.15, 0.2) is 0 Å². The van der Waals surface area contributed by atoms with Gasteiger partial charge < -0.3 is 13.7 Å². The Kier molecular flexibility index (Phi) is 6.98. The van der Waals surface area contributed by atoms with Crippen LogP contribution in [0.1, 0.15) is 25.0 Å². The summed E-state index contributed by atoms with van der Waals surface area (Å²) >= 11 is 0. The third-order valence-electron chi connectivity index (χ3n) is 12.4. The third kappa shape index (κ3) is 4.80. The van der Waals surface area contributed by atoms with Gasteiger partial charge in [0, 0.05) is 49.5 Å². The average molecular weight is 744 g/mol. The monoisotopic (exact) mass is 743 g/mol. The van der Waals surface area contributed by atoms with E-state index in [1.165, 1.54) is 33.0 Å². The van der Waals surface area contributed by atoms with Crippen molar-refractivity contribution in [2.24, 2.45) is 0 Å². The lowest BCUT2D eigenvalue weighted by molar-refractivity contribution is 0.660. The van der Waals surface area contributed by atoms with Gasteiger partial charge >= 0.3 is 0 Å². The van der Waals surface area contributed by atoms with Crippen molar-refractivity contribution in [3.63, 3.8) is 0 Å². The van der Waals surface area contributed by atoms with Gasteiger partial charge in [-0.15, -0.1) is 0 Å². The topological polar surface area (TPSA) is 29.5 Å². The van der Waals surface area contributed by atoms with E-state index in [0.717, 1.165) is 83.2 Å². The Hall–Kier alpha value is -7.36. The van der Waals surface area contributed by atoms with E-state index in [-0.39, 0.29) is 5.41 Å². The number of fused-ring (bicyclic) bond motifs is 11. The van der Waals surface area contributed by atoms with Gasteiger partial charge in [0.25, 0.3) is 0 Å². The van der Waals surface area contributed by atoms with Gasteiger partial charge in [0.1, 0.15) is 22.3 Å². The Balaban J connectivity index is 1.20. The average Bonchev–Trinajstić information content (AvgIpc) is 3.91. The fraction of sp³-hybridized carbons (Fsp3) is 0.0545. The summed E-state index contributed by atoms with van der Waals surface area (Å²) in [6, 6.07) is 67.8. The van der Waals surface area contributed by atoms with E-state index in [4.69, 9.17) is 8.83 Å². The molecule has 1 aliphatic rings. The number of para-hydroxylation sites is 2. The van der Waals surface area contributed by atoms with E-state index >= 15 is 0 Å². The molecule has 0 N–H and O–H groups in total. The molecular formula is C55H37NO2. The fourth-order valence-corrected chi connectivity index (χ4v) is 9.66. The van der Waals surface area contributed by atoms with Crippen LogP contribution in [0.3, 0.4) is 0 Å². The number of hydrogen-bond donors (Lipinski definition) is 0. The van der Waals surface area contributed by atoms with E-state index in [2.05, 4.69) is 189 Å². The molecule has 0 bridgehead atoms. The summed E-state index contributed by atoms with van der Waals surface area (Å²) in [5.74, 6) is 0. The number of nitrogens with zero attached hydrogens (tertiary/aromatic N) is 1. The van der Waals surface area contributed by atoms with Crippen LogP contribution >= 0.6 is 0 Å². The van der Waals surface area contributed by atoms with Crippen molar-refractivity contribution >= 4 is 71.7 Å². The lowest BCUT2D eigenvalue weighted by Crippen LogP contribution is -2.17. The van der Waals surface area contributed by atoms with Crippen LogP contribution < -0.4 is 4.90 Å². The third-order valence-corrected chi connectivity index (χ3v) is 12.4. The van der Waals surface area contributed by atoms with Crippen LogP contribution in [0.25, 0.3) is 88.0 Å². The van der Waals surface area contributed by atoms with Gasteiger partial charge in [-0.1, -0.05) is 147 Å². The normalized spacial score (nSPS) is 13.1. The van der Waals surface area contributed by atoms with Gasteiger partial charge in [-0.25, -0.2) is 0 Å². The maximum Gasteiger partial charge on any atom is 0.143 e. The zero-order chi connectivity index (χ0) is 38.5. The van der Waals surface area contributed by atoms with Crippen molar-refractivity contribution in [2.75, 3.05) is 4.90 Å². The quantitative estimate of drug-likeness (QED) is 0.176. The molecule has 2 heterocycles. The Morgan fingerprint density at radius 3 is 1.97 bits per heavy atom. The molecule has 1 aliphatic carbocycles. The second-order valence-corrected chi connectivity index (χ2v) is 16.1. The lowest BCUT2D eigenvalue weighted by atomic mass is 9.82. The summed E-state index contributed by atoms with van der Waals surface area (Å²) in [6.07, 6.45) is 0. The summed E-state index contributed by atoms with van der Waals surface area (Å²) in [7, 11) is 0. The Morgan fingerprint density at radius 2 is 1.09 bits per heavy atom. The number of furan rings is 2. The molecule has 0 radical (unpaired) electrons. The predicted molar refractivity (Wildman–Crippen MR) is 242 cm³/mol. The molecule has 58 heavy (non-hydrogen) atoms. The van der Waals surface area contributed by atoms with Crippen molar-refractivity contribution < 1.29 is 8.83 Å². The maximum absolute atomic E-state index is 6.98. The predicted octanol–water partition coefficient (Wildman–Crippen LogP) is 15.7. The van der Waals surface area contributed by atoms with Crippen LogP contribution in [0.4, 0.5) is 17.1 Å². The van der Waals surface area contributed by atoms with Crippen molar-refractivity contribution in [3.05, 3.63) is 199 Å². The van der Waals surface area contributed by atoms with Crippen LogP contribution in [0.15, 0.2) is 197 Å². The van der Waals surface area contributed by atoms with Crippen molar-refractivity contribution in [1.82, 2.24) is 0 Å². The van der Waals surface area contributed by atoms with Crippen molar-refractivity contribution in [1.29, 1.82) is 0 Å². The van der Waals surface area contributed by atoms with E-state index < -0.39 is 0 Å². The highest BCUT2D eigenvalue weighted by Crippen LogP contribution is 2.52. The largest absolute Gasteiger partial charge is 0.456 e. The van der Waals surface area contributed by atoms with Gasteiger partial charge in [-0.3, -0.25) is 0 Å². The minimum Gasteiger partial charge on any atom is -0.456 e. The molecule has 9 aromatic carbocycles. The smallest absolute Gasteiger partial charge is 0.143 e. The Bertz CT molecular complexity index is 3440. The summed E-state index contributed by atoms with van der Waals surface area (Å²) in [6.45, 7) is 4.71. The molecule has 3 nitrogen and oxygen atoms in total. The second kappa shape index (κ2) is 12.3. The van der Waals surface area contributed by atoms with Gasteiger partial charge in [-0.2, -0.15) is 0 Å². The molecule has 12 rings (SSSR count). The van der Waals surface area contributed by atoms with E-state index in [9.17, 15) is 0 Å². The van der Waals surface area contributed by atoms with Gasteiger partial charge in [0.05, 0.1) is 5.69 Å². The van der Waals surface area contributed by atoms with E-state index in [1.807, 2.05) is 18.2 Å². The van der Waals surface area contributed by atoms with Crippen LogP contribution in [-0.2, 0) is 5.41 Å². The summed E-state index contributed by atoms with van der Waals surface area (Å²) in [4.78, 5) is 2.46. The SMILES string of the molecule is CC1(C)c2ccccc2-c2ccc(N(c3cc(-c4ccc5ccccc5c4)c4oc5ccc6oc7ccccc7c6c5c4c3)c3ccccc3-c3ccccc3)cc21. The minimum atomic E-state index is -0.165. The Labute approximate surface area is 336 Å². The molecule has 0 fully saturated rings. The number of rotatable bonds is 5. The minimum absolute atomic E-state index is 0.165. The highest BCUT2D eigenvalue weighted by molar-refractivity contribution is 6.27. The lowest BCUT2D eigenvalue weighted by Gasteiger charge is -2.30. The first-order valence-corrected chi connectivity index (χ1v) is 20.0. The molecule has 2 aromatic heterocycles. The first-order valence-electron chi connectivity index (χ1n) is 20.0. The number of hydrogen-bond acceptors (Lipinski definition) is 3. The molecule has 0 spiro atoms. The highest BCUT2D eigenvalue weighted by Gasteiger charge is 2.36. The molecule has 0 amide bonds. The molecular weight excluding hydrogens is 707 g/mol. The first kappa shape index (κ1) is 32.8. The Morgan fingerprint density at radius 1 is 0.397 bits per heavy atom. The fourth-order valence-electron chi connectivity index (χ4n) is 9.66. The molecule has 3 heteroatoms. The van der Waals surface area contributed by atoms with Crippen LogP contribution in [0.5, 0.6) is 0 Å².